The average Bonchev–Trinajstić information content (AvgIpc) is 2.01. The summed E-state index contributed by atoms with van der Waals surface area (Å²) in [5.74, 6) is 0. The summed E-state index contributed by atoms with van der Waals surface area (Å²) in [6.07, 6.45) is -9.59. The van der Waals surface area contributed by atoms with Crippen molar-refractivity contribution in [2.45, 2.75) is 32.1 Å². The minimum absolute atomic E-state index is 0.0192. The topological polar surface area (TPSA) is 27.7 Å². The molecule has 1 unspecified atom stereocenters. The van der Waals surface area contributed by atoms with Gasteiger partial charge in [0.05, 0.1) is 6.61 Å². The molecule has 0 heterocycles. The highest BCUT2D eigenvalue weighted by Crippen LogP contribution is 2.39. The Labute approximate surface area is 80.8 Å². The monoisotopic (exact) mass is 242 g/mol. The molecule has 0 bridgehead atoms. The van der Waals surface area contributed by atoms with Crippen molar-refractivity contribution in [2.75, 3.05) is 6.61 Å². The minimum Gasteiger partial charge on any atom is -0.317 e. The molecule has 0 fully saturated rings. The van der Waals surface area contributed by atoms with Crippen LogP contribution in [-0.2, 0) is 14.4 Å². The molecule has 0 aliphatic heterocycles. The standard InChI is InChI=1S/C6H8F6O3/c1-3-13-6(11,5(9,10)15-12)14-4(2,7)8/h3H2,1-2H3. The van der Waals surface area contributed by atoms with Gasteiger partial charge in [-0.1, -0.05) is 0 Å². The molecule has 3 nitrogen and oxygen atoms in total. The molecule has 0 spiro atoms. The Bertz CT molecular complexity index is 206. The summed E-state index contributed by atoms with van der Waals surface area (Å²) in [5, 5.41) is 0. The lowest BCUT2D eigenvalue weighted by Gasteiger charge is -2.30. The van der Waals surface area contributed by atoms with Crippen molar-refractivity contribution in [3.05, 3.63) is 0 Å². The van der Waals surface area contributed by atoms with Crippen LogP contribution < -0.4 is 0 Å². The lowest BCUT2D eigenvalue weighted by Crippen LogP contribution is -2.52. The molecule has 9 heteroatoms. The summed E-state index contributed by atoms with van der Waals surface area (Å²) in [6.45, 7) is 0.236. The predicted molar refractivity (Wildman–Crippen MR) is 34.3 cm³/mol. The summed E-state index contributed by atoms with van der Waals surface area (Å²) < 4.78 is 79.9. The SMILES string of the molecule is CCOC(F)(OC(C)(F)F)C(F)(F)OF. The number of halogens is 6. The van der Waals surface area contributed by atoms with E-state index in [0.29, 0.717) is 0 Å². The Hall–Kier alpha value is -0.540. The molecule has 0 rings (SSSR count). The van der Waals surface area contributed by atoms with Crippen molar-refractivity contribution < 1.29 is 40.9 Å². The predicted octanol–water partition coefficient (Wildman–Crippen LogP) is 2.77. The fourth-order valence-electron chi connectivity index (χ4n) is 0.635. The van der Waals surface area contributed by atoms with Crippen molar-refractivity contribution in [3.63, 3.8) is 0 Å². The van der Waals surface area contributed by atoms with Crippen molar-refractivity contribution in [3.8, 4) is 0 Å². The van der Waals surface area contributed by atoms with Gasteiger partial charge in [-0.05, 0) is 11.4 Å². The van der Waals surface area contributed by atoms with Crippen LogP contribution in [0.3, 0.4) is 0 Å². The fourth-order valence-corrected chi connectivity index (χ4v) is 0.635. The summed E-state index contributed by atoms with van der Waals surface area (Å²) in [4.78, 5) is 1.91. The molecule has 0 saturated carbocycles. The molecule has 0 saturated heterocycles. The van der Waals surface area contributed by atoms with Crippen molar-refractivity contribution in [1.82, 2.24) is 0 Å². The third kappa shape index (κ3) is 3.84. The van der Waals surface area contributed by atoms with Crippen LogP contribution in [0.15, 0.2) is 0 Å². The minimum atomic E-state index is -5.30. The first-order chi connectivity index (χ1) is 6.58. The quantitative estimate of drug-likeness (QED) is 0.529. The Morgan fingerprint density at radius 2 is 1.53 bits per heavy atom. The average molecular weight is 242 g/mol. The van der Waals surface area contributed by atoms with E-state index in [9.17, 15) is 26.5 Å². The maximum atomic E-state index is 13.0. The third-order valence-corrected chi connectivity index (χ3v) is 1.09. The number of hydrogen-bond donors (Lipinski definition) is 0. The number of ether oxygens (including phenoxy) is 2. The van der Waals surface area contributed by atoms with E-state index in [1.165, 1.54) is 0 Å². The van der Waals surface area contributed by atoms with Gasteiger partial charge in [-0.3, -0.25) is 4.74 Å². The number of rotatable bonds is 6. The van der Waals surface area contributed by atoms with Gasteiger partial charge in [-0.15, -0.1) is 4.94 Å². The van der Waals surface area contributed by atoms with Crippen molar-refractivity contribution in [2.24, 2.45) is 0 Å². The Morgan fingerprint density at radius 1 is 1.07 bits per heavy atom. The Balaban J connectivity index is 4.89. The smallest absolute Gasteiger partial charge is 0.317 e. The molecule has 0 aliphatic carbocycles. The zero-order valence-electron chi connectivity index (χ0n) is 7.70. The fraction of sp³-hybridized carbons (Fsp3) is 1.00. The molecule has 0 amide bonds. The lowest BCUT2D eigenvalue weighted by atomic mass is 10.5. The Kier molecular flexibility index (Phi) is 4.37. The lowest BCUT2D eigenvalue weighted by molar-refractivity contribution is -0.538. The molecule has 92 valence electrons. The molecular weight excluding hydrogens is 234 g/mol. The Morgan fingerprint density at radius 3 is 1.80 bits per heavy atom. The molecule has 0 N–H and O–H groups in total. The van der Waals surface area contributed by atoms with Gasteiger partial charge in [0, 0.05) is 6.92 Å². The molecule has 0 aliphatic rings. The van der Waals surface area contributed by atoms with Crippen LogP contribution in [0.4, 0.5) is 26.5 Å². The maximum Gasteiger partial charge on any atom is 0.473 e. The van der Waals surface area contributed by atoms with Crippen molar-refractivity contribution >= 4 is 0 Å². The second-order valence-electron chi connectivity index (χ2n) is 2.47. The second-order valence-corrected chi connectivity index (χ2v) is 2.47. The molecule has 0 radical (unpaired) electrons. The van der Waals surface area contributed by atoms with Gasteiger partial charge in [-0.25, -0.2) is 0 Å². The van der Waals surface area contributed by atoms with E-state index in [4.69, 9.17) is 0 Å². The molecular formula is C6H8F6O3. The second kappa shape index (κ2) is 4.54. The first-order valence-electron chi connectivity index (χ1n) is 3.66. The normalized spacial score (nSPS) is 17.6. The van der Waals surface area contributed by atoms with Gasteiger partial charge < -0.3 is 4.74 Å². The van der Waals surface area contributed by atoms with E-state index in [0.717, 1.165) is 6.92 Å². The van der Waals surface area contributed by atoms with E-state index in [-0.39, 0.29) is 6.92 Å². The molecule has 0 aromatic rings. The third-order valence-electron chi connectivity index (χ3n) is 1.09. The summed E-state index contributed by atoms with van der Waals surface area (Å²) in [5.41, 5.74) is 0. The largest absolute Gasteiger partial charge is 0.473 e. The van der Waals surface area contributed by atoms with E-state index in [1.54, 1.807) is 0 Å². The van der Waals surface area contributed by atoms with Crippen LogP contribution in [0.5, 0.6) is 0 Å². The van der Waals surface area contributed by atoms with Gasteiger partial charge in [-0.2, -0.15) is 22.0 Å². The molecule has 15 heavy (non-hydrogen) atoms. The first-order valence-corrected chi connectivity index (χ1v) is 3.66. The molecule has 0 aromatic heterocycles. The van der Waals surface area contributed by atoms with Gasteiger partial charge in [0.1, 0.15) is 0 Å². The summed E-state index contributed by atoms with van der Waals surface area (Å²) in [6, 6.07) is -4.70. The molecule has 0 aromatic carbocycles. The van der Waals surface area contributed by atoms with Crippen LogP contribution >= 0.6 is 0 Å². The van der Waals surface area contributed by atoms with Gasteiger partial charge in [0.25, 0.3) is 0 Å². The van der Waals surface area contributed by atoms with Crippen LogP contribution in [-0.4, -0.2) is 24.9 Å². The summed E-state index contributed by atoms with van der Waals surface area (Å²) >= 11 is 0. The highest BCUT2D eigenvalue weighted by Gasteiger charge is 2.64. The van der Waals surface area contributed by atoms with Crippen LogP contribution in [0, 0.1) is 0 Å². The number of hydrogen-bond acceptors (Lipinski definition) is 3. The maximum absolute atomic E-state index is 13.0. The van der Waals surface area contributed by atoms with E-state index < -0.39 is 24.9 Å². The molecule has 1 atom stereocenters. The highest BCUT2D eigenvalue weighted by molar-refractivity contribution is 4.68. The van der Waals surface area contributed by atoms with Crippen LogP contribution in [0.1, 0.15) is 13.8 Å². The van der Waals surface area contributed by atoms with E-state index >= 15 is 0 Å². The van der Waals surface area contributed by atoms with Gasteiger partial charge in [0.15, 0.2) is 0 Å². The zero-order valence-corrected chi connectivity index (χ0v) is 7.70. The van der Waals surface area contributed by atoms with E-state index in [2.05, 4.69) is 9.47 Å². The highest BCUT2D eigenvalue weighted by atomic mass is 19.4. The van der Waals surface area contributed by atoms with Crippen LogP contribution in [0.2, 0.25) is 0 Å². The van der Waals surface area contributed by atoms with E-state index in [1.807, 2.05) is 4.94 Å². The van der Waals surface area contributed by atoms with Crippen LogP contribution in [0.25, 0.3) is 0 Å². The van der Waals surface area contributed by atoms with Crippen molar-refractivity contribution in [1.29, 1.82) is 0 Å². The first kappa shape index (κ1) is 14.5. The van der Waals surface area contributed by atoms with Gasteiger partial charge >= 0.3 is 18.3 Å². The zero-order chi connectivity index (χ0) is 12.3. The number of alkyl halides is 5. The summed E-state index contributed by atoms with van der Waals surface area (Å²) in [7, 11) is 0. The van der Waals surface area contributed by atoms with Gasteiger partial charge in [0.2, 0.25) is 0 Å².